The van der Waals surface area contributed by atoms with Gasteiger partial charge in [0.25, 0.3) is 0 Å². The summed E-state index contributed by atoms with van der Waals surface area (Å²) in [5, 5.41) is 5.17. The van der Waals surface area contributed by atoms with Crippen molar-refractivity contribution < 1.29 is 0 Å². The van der Waals surface area contributed by atoms with E-state index in [4.69, 9.17) is 0 Å². The zero-order valence-corrected chi connectivity index (χ0v) is 18.0. The first-order valence-corrected chi connectivity index (χ1v) is 10.9. The summed E-state index contributed by atoms with van der Waals surface area (Å²) in [7, 11) is 0. The topological polar surface area (TPSA) is 0 Å². The third-order valence-electron chi connectivity index (χ3n) is 5.71. The molecule has 0 aromatic heterocycles. The molecule has 5 aromatic carbocycles. The molecular formula is C26H14Br2. The predicted octanol–water partition coefficient (Wildman–Crippen LogP) is 8.83. The molecule has 0 nitrogen and oxygen atoms in total. The Morgan fingerprint density at radius 2 is 1.29 bits per heavy atom. The Morgan fingerprint density at radius 3 is 2.14 bits per heavy atom. The average molecular weight is 486 g/mol. The lowest BCUT2D eigenvalue weighted by molar-refractivity contribution is 1.62. The maximum absolute atomic E-state index is 3.89. The minimum Gasteiger partial charge on any atom is -0.0622 e. The van der Waals surface area contributed by atoms with Crippen LogP contribution in [0.3, 0.4) is 0 Å². The molecule has 6 rings (SSSR count). The maximum atomic E-state index is 3.89. The molecule has 28 heavy (non-hydrogen) atoms. The first-order chi connectivity index (χ1) is 13.7. The van der Waals surface area contributed by atoms with Crippen LogP contribution in [0.4, 0.5) is 0 Å². The van der Waals surface area contributed by atoms with Gasteiger partial charge in [-0.1, -0.05) is 72.8 Å². The van der Waals surface area contributed by atoms with Crippen molar-refractivity contribution >= 4 is 53.4 Å². The third kappa shape index (κ3) is 2.16. The van der Waals surface area contributed by atoms with Crippen molar-refractivity contribution in [2.24, 2.45) is 0 Å². The fraction of sp³-hybridized carbons (Fsp3) is 0. The highest BCUT2D eigenvalue weighted by atomic mass is 79.9. The van der Waals surface area contributed by atoms with Crippen molar-refractivity contribution in [3.63, 3.8) is 0 Å². The molecule has 1 aliphatic carbocycles. The fourth-order valence-electron chi connectivity index (χ4n) is 4.58. The summed E-state index contributed by atoms with van der Waals surface area (Å²) >= 11 is 7.66. The highest BCUT2D eigenvalue weighted by Crippen LogP contribution is 2.56. The van der Waals surface area contributed by atoms with Crippen LogP contribution >= 0.6 is 31.9 Å². The van der Waals surface area contributed by atoms with Gasteiger partial charge < -0.3 is 0 Å². The summed E-state index contributed by atoms with van der Waals surface area (Å²) < 4.78 is 2.21. The van der Waals surface area contributed by atoms with Crippen LogP contribution in [-0.4, -0.2) is 0 Å². The molecule has 0 saturated carbocycles. The molecule has 1 aliphatic rings. The molecule has 0 unspecified atom stereocenters. The number of halogens is 2. The van der Waals surface area contributed by atoms with Crippen molar-refractivity contribution in [1.82, 2.24) is 0 Å². The summed E-state index contributed by atoms with van der Waals surface area (Å²) in [5.74, 6) is 0. The van der Waals surface area contributed by atoms with E-state index in [1.54, 1.807) is 0 Å². The molecule has 132 valence electrons. The van der Waals surface area contributed by atoms with E-state index < -0.39 is 0 Å². The number of hydrogen-bond donors (Lipinski definition) is 0. The smallest absolute Gasteiger partial charge is 0.0403 e. The van der Waals surface area contributed by atoms with Crippen LogP contribution in [0.1, 0.15) is 0 Å². The lowest BCUT2D eigenvalue weighted by Gasteiger charge is -2.16. The SMILES string of the molecule is Brc1cc2cccc3c2c(c1Br)-c1c-3cc2ccccc2c1-c1ccccc1. The van der Waals surface area contributed by atoms with E-state index in [2.05, 4.69) is 117 Å². The second kappa shape index (κ2) is 6.04. The molecule has 0 spiro atoms. The van der Waals surface area contributed by atoms with Gasteiger partial charge in [0.15, 0.2) is 0 Å². The second-order valence-corrected chi connectivity index (χ2v) is 8.86. The quantitative estimate of drug-likeness (QED) is 0.218. The molecule has 0 saturated heterocycles. The first kappa shape index (κ1) is 16.5. The summed E-state index contributed by atoms with van der Waals surface area (Å²) in [6.45, 7) is 0. The van der Waals surface area contributed by atoms with Crippen LogP contribution in [0.2, 0.25) is 0 Å². The van der Waals surface area contributed by atoms with Crippen molar-refractivity contribution in [2.45, 2.75) is 0 Å². The zero-order valence-electron chi connectivity index (χ0n) is 14.8. The molecule has 0 N–H and O–H groups in total. The molecule has 0 heterocycles. The lowest BCUT2D eigenvalue weighted by Crippen LogP contribution is -1.89. The largest absolute Gasteiger partial charge is 0.0622 e. The predicted molar refractivity (Wildman–Crippen MR) is 127 cm³/mol. The normalized spacial score (nSPS) is 11.9. The van der Waals surface area contributed by atoms with E-state index in [0.29, 0.717) is 0 Å². The number of rotatable bonds is 1. The van der Waals surface area contributed by atoms with Gasteiger partial charge in [-0.25, -0.2) is 0 Å². The Kier molecular flexibility index (Phi) is 3.56. The van der Waals surface area contributed by atoms with Crippen LogP contribution < -0.4 is 0 Å². The minimum absolute atomic E-state index is 1.09. The van der Waals surface area contributed by atoms with Crippen molar-refractivity contribution in [2.75, 3.05) is 0 Å². The van der Waals surface area contributed by atoms with Gasteiger partial charge in [-0.05, 0) is 93.4 Å². The van der Waals surface area contributed by atoms with Crippen molar-refractivity contribution in [1.29, 1.82) is 0 Å². The van der Waals surface area contributed by atoms with Crippen molar-refractivity contribution in [3.8, 4) is 33.4 Å². The molecule has 0 bridgehead atoms. The van der Waals surface area contributed by atoms with E-state index in [0.717, 1.165) is 8.95 Å². The standard InChI is InChI=1S/C26H14Br2/c27-21-14-17-10-6-12-19-20-13-16-9-4-5-11-18(16)22(15-7-2-1-3-8-15)24(20)25(23(17)19)26(21)28/h1-14H. The minimum atomic E-state index is 1.09. The number of hydrogen-bond acceptors (Lipinski definition) is 0. The first-order valence-electron chi connectivity index (χ1n) is 9.26. The van der Waals surface area contributed by atoms with Gasteiger partial charge in [0.05, 0.1) is 0 Å². The summed E-state index contributed by atoms with van der Waals surface area (Å²) in [6, 6.07) is 30.6. The Labute approximate surface area is 180 Å². The summed E-state index contributed by atoms with van der Waals surface area (Å²) in [6.07, 6.45) is 0. The van der Waals surface area contributed by atoms with Gasteiger partial charge in [0.2, 0.25) is 0 Å². The monoisotopic (exact) mass is 484 g/mol. The molecule has 0 radical (unpaired) electrons. The Balaban J connectivity index is 1.90. The van der Waals surface area contributed by atoms with Crippen LogP contribution in [0.25, 0.3) is 54.9 Å². The van der Waals surface area contributed by atoms with Gasteiger partial charge in [-0.2, -0.15) is 0 Å². The Hall–Kier alpha value is -2.42. The van der Waals surface area contributed by atoms with Crippen LogP contribution in [0.15, 0.2) is 93.9 Å². The van der Waals surface area contributed by atoms with Gasteiger partial charge in [-0.3, -0.25) is 0 Å². The number of benzene rings is 5. The van der Waals surface area contributed by atoms with Gasteiger partial charge in [0.1, 0.15) is 0 Å². The third-order valence-corrected chi connectivity index (χ3v) is 7.69. The van der Waals surface area contributed by atoms with Gasteiger partial charge >= 0.3 is 0 Å². The van der Waals surface area contributed by atoms with E-state index in [1.807, 2.05) is 0 Å². The van der Waals surface area contributed by atoms with Gasteiger partial charge in [0, 0.05) is 14.5 Å². The zero-order chi connectivity index (χ0) is 18.8. The lowest BCUT2D eigenvalue weighted by atomic mass is 9.88. The molecule has 0 fully saturated rings. The summed E-state index contributed by atoms with van der Waals surface area (Å²) in [4.78, 5) is 0. The Morgan fingerprint density at radius 1 is 0.536 bits per heavy atom. The molecule has 2 heteroatoms. The molecule has 0 atom stereocenters. The molecular weight excluding hydrogens is 472 g/mol. The Bertz CT molecular complexity index is 1420. The average Bonchev–Trinajstić information content (AvgIpc) is 3.06. The highest BCUT2D eigenvalue weighted by molar-refractivity contribution is 9.13. The van der Waals surface area contributed by atoms with Crippen molar-refractivity contribution in [3.05, 3.63) is 93.9 Å². The molecule has 5 aromatic rings. The van der Waals surface area contributed by atoms with Crippen LogP contribution in [-0.2, 0) is 0 Å². The van der Waals surface area contributed by atoms with E-state index in [-0.39, 0.29) is 0 Å². The fourth-order valence-corrected chi connectivity index (χ4v) is 5.54. The summed E-state index contributed by atoms with van der Waals surface area (Å²) in [5.41, 5.74) is 7.81. The molecule has 0 amide bonds. The van der Waals surface area contributed by atoms with E-state index >= 15 is 0 Å². The molecule has 0 aliphatic heterocycles. The van der Waals surface area contributed by atoms with Crippen LogP contribution in [0.5, 0.6) is 0 Å². The van der Waals surface area contributed by atoms with Crippen LogP contribution in [0, 0.1) is 0 Å². The second-order valence-electron chi connectivity index (χ2n) is 7.21. The van der Waals surface area contributed by atoms with Gasteiger partial charge in [-0.15, -0.1) is 0 Å². The van der Waals surface area contributed by atoms with E-state index in [1.165, 1.54) is 54.9 Å². The highest BCUT2D eigenvalue weighted by Gasteiger charge is 2.29. The number of fused-ring (bicyclic) bond motifs is 4. The van der Waals surface area contributed by atoms with E-state index in [9.17, 15) is 0 Å². The maximum Gasteiger partial charge on any atom is 0.0403 e.